The highest BCUT2D eigenvalue weighted by molar-refractivity contribution is 6.31. The first-order chi connectivity index (χ1) is 19.5. The molecule has 11 nitrogen and oxygen atoms in total. The van der Waals surface area contributed by atoms with Gasteiger partial charge in [0.1, 0.15) is 12.2 Å². The summed E-state index contributed by atoms with van der Waals surface area (Å²) in [5.41, 5.74) is 12.1. The van der Waals surface area contributed by atoms with Gasteiger partial charge in [-0.05, 0) is 71.1 Å². The number of halogens is 1. The molecule has 6 aromatic rings. The van der Waals surface area contributed by atoms with Gasteiger partial charge in [-0.2, -0.15) is 9.78 Å². The van der Waals surface area contributed by atoms with Crippen LogP contribution in [-0.4, -0.2) is 44.5 Å². The normalized spacial score (nSPS) is 19.5. The van der Waals surface area contributed by atoms with Crippen LogP contribution in [0.1, 0.15) is 36.3 Å². The molecular formula is C28H23ClN10O. The molecule has 0 unspecified atom stereocenters. The first-order valence-electron chi connectivity index (χ1n) is 13.0. The van der Waals surface area contributed by atoms with Crippen molar-refractivity contribution >= 4 is 28.3 Å². The lowest BCUT2D eigenvalue weighted by molar-refractivity contribution is 0.237. The average Bonchev–Trinajstić information content (AvgIpc) is 3.71. The van der Waals surface area contributed by atoms with E-state index in [0.717, 1.165) is 63.3 Å². The molecule has 1 saturated carbocycles. The minimum atomic E-state index is -0.154. The monoisotopic (exact) mass is 550 g/mol. The van der Waals surface area contributed by atoms with Crippen LogP contribution in [0.2, 0.25) is 5.02 Å². The first kappa shape index (κ1) is 23.1. The van der Waals surface area contributed by atoms with Crippen molar-refractivity contribution in [3.8, 4) is 28.1 Å². The summed E-state index contributed by atoms with van der Waals surface area (Å²) in [4.78, 5) is 22.1. The number of nitrogens with two attached hydrogens (primary N) is 1. The quantitative estimate of drug-likeness (QED) is 0.337. The number of pyridine rings is 1. The Hall–Kier alpha value is -4.77. The Kier molecular flexibility index (Phi) is 4.84. The summed E-state index contributed by atoms with van der Waals surface area (Å²) < 4.78 is 5.27. The Morgan fingerprint density at radius 3 is 2.77 bits per heavy atom. The summed E-state index contributed by atoms with van der Waals surface area (Å²) in [6.45, 7) is 0. The Balaban J connectivity index is 1.21. The maximum absolute atomic E-state index is 13.8. The van der Waals surface area contributed by atoms with E-state index in [4.69, 9.17) is 22.3 Å². The van der Waals surface area contributed by atoms with Crippen molar-refractivity contribution in [2.45, 2.75) is 24.8 Å². The molecule has 0 saturated heterocycles. The van der Waals surface area contributed by atoms with Crippen molar-refractivity contribution in [3.05, 3.63) is 87.9 Å². The highest BCUT2D eigenvalue weighted by Gasteiger charge is 2.48. The molecule has 5 heterocycles. The van der Waals surface area contributed by atoms with E-state index < -0.39 is 0 Å². The zero-order valence-electron chi connectivity index (χ0n) is 21.4. The number of tetrazole rings is 1. The molecule has 1 aliphatic heterocycles. The molecule has 3 atom stereocenters. The molecule has 2 aromatic carbocycles. The second kappa shape index (κ2) is 8.36. The minimum Gasteiger partial charge on any atom is -0.382 e. The van der Waals surface area contributed by atoms with E-state index in [-0.39, 0.29) is 17.5 Å². The predicted octanol–water partition coefficient (Wildman–Crippen LogP) is 4.10. The molecule has 1 fully saturated rings. The van der Waals surface area contributed by atoms with Crippen LogP contribution in [0.5, 0.6) is 0 Å². The molecule has 2 aliphatic rings. The number of hydrogen-bond acceptors (Lipinski definition) is 7. The van der Waals surface area contributed by atoms with Gasteiger partial charge in [-0.1, -0.05) is 17.7 Å². The maximum atomic E-state index is 13.8. The third kappa shape index (κ3) is 3.30. The van der Waals surface area contributed by atoms with Crippen LogP contribution in [0, 0.1) is 5.92 Å². The number of H-pyrrole nitrogens is 1. The Morgan fingerprint density at radius 2 is 1.98 bits per heavy atom. The van der Waals surface area contributed by atoms with Gasteiger partial charge in [0, 0.05) is 46.3 Å². The van der Waals surface area contributed by atoms with Crippen molar-refractivity contribution in [2.75, 3.05) is 5.73 Å². The average molecular weight is 551 g/mol. The smallest absolute Gasteiger partial charge is 0.252 e. The lowest BCUT2D eigenvalue weighted by Crippen LogP contribution is -2.28. The van der Waals surface area contributed by atoms with Gasteiger partial charge in [-0.3, -0.25) is 9.48 Å². The van der Waals surface area contributed by atoms with Gasteiger partial charge in [0.15, 0.2) is 5.82 Å². The number of rotatable bonds is 4. The van der Waals surface area contributed by atoms with Crippen LogP contribution < -0.4 is 11.3 Å². The second-order valence-electron chi connectivity index (χ2n) is 10.5. The number of hydrogen-bond donors (Lipinski definition) is 2. The van der Waals surface area contributed by atoms with E-state index in [9.17, 15) is 4.79 Å². The van der Waals surface area contributed by atoms with Crippen molar-refractivity contribution in [3.63, 3.8) is 0 Å². The topological polar surface area (TPSA) is 138 Å². The molecule has 4 aromatic heterocycles. The molecule has 0 bridgehead atoms. The van der Waals surface area contributed by atoms with Gasteiger partial charge in [0.25, 0.3) is 5.56 Å². The van der Waals surface area contributed by atoms with Crippen LogP contribution in [0.15, 0.2) is 65.8 Å². The van der Waals surface area contributed by atoms with E-state index in [2.05, 4.69) is 37.7 Å². The van der Waals surface area contributed by atoms with Gasteiger partial charge >= 0.3 is 0 Å². The molecule has 12 heteroatoms. The lowest BCUT2D eigenvalue weighted by Gasteiger charge is -2.32. The molecule has 0 amide bonds. The third-order valence-corrected chi connectivity index (χ3v) is 8.66. The molecule has 8 rings (SSSR count). The molecule has 3 N–H and O–H groups in total. The summed E-state index contributed by atoms with van der Waals surface area (Å²) in [5, 5.41) is 17.4. The number of nitrogen functional groups attached to an aromatic ring is 1. The molecule has 0 radical (unpaired) electrons. The predicted molar refractivity (Wildman–Crippen MR) is 150 cm³/mol. The number of nitrogens with zero attached hydrogens (tertiary/aromatic N) is 8. The largest absolute Gasteiger partial charge is 0.382 e. The van der Waals surface area contributed by atoms with Gasteiger partial charge in [-0.25, -0.2) is 4.98 Å². The van der Waals surface area contributed by atoms with E-state index >= 15 is 0 Å². The second-order valence-corrected chi connectivity index (χ2v) is 10.9. The highest BCUT2D eigenvalue weighted by Crippen LogP contribution is 2.55. The van der Waals surface area contributed by atoms with E-state index in [0.29, 0.717) is 16.8 Å². The summed E-state index contributed by atoms with van der Waals surface area (Å²) in [5.74, 6) is 1.89. The van der Waals surface area contributed by atoms with Crippen molar-refractivity contribution in [1.82, 2.24) is 44.5 Å². The number of benzene rings is 2. The maximum Gasteiger partial charge on any atom is 0.252 e. The fraction of sp³-hybridized carbons (Fsp3) is 0.214. The van der Waals surface area contributed by atoms with Crippen LogP contribution >= 0.6 is 11.6 Å². The summed E-state index contributed by atoms with van der Waals surface area (Å²) in [6.07, 6.45) is 5.44. The van der Waals surface area contributed by atoms with E-state index in [1.807, 2.05) is 42.1 Å². The summed E-state index contributed by atoms with van der Waals surface area (Å²) >= 11 is 6.38. The van der Waals surface area contributed by atoms with Gasteiger partial charge < -0.3 is 15.3 Å². The molecule has 1 aliphatic carbocycles. The summed E-state index contributed by atoms with van der Waals surface area (Å²) in [7, 11) is 1.88. The molecular weight excluding hydrogens is 528 g/mol. The fourth-order valence-corrected chi connectivity index (χ4v) is 6.60. The lowest BCUT2D eigenvalue weighted by atomic mass is 9.71. The van der Waals surface area contributed by atoms with Crippen LogP contribution in [0.4, 0.5) is 5.82 Å². The highest BCUT2D eigenvalue weighted by atomic mass is 35.5. The van der Waals surface area contributed by atoms with Crippen molar-refractivity contribution in [1.29, 1.82) is 0 Å². The SMILES string of the molecule is Cn1nc(N)c2ccc(-c3cnc([C@@H]4[C@H]5CC[C@H]5c5cc(-c6cc(Cl)ccc6-n6cnnn6)cc(=O)n54)[nH]3)cc21. The van der Waals surface area contributed by atoms with E-state index in [1.54, 1.807) is 21.5 Å². The molecule has 198 valence electrons. The van der Waals surface area contributed by atoms with Gasteiger partial charge in [-0.15, -0.1) is 5.10 Å². The van der Waals surface area contributed by atoms with Crippen molar-refractivity contribution < 1.29 is 0 Å². The van der Waals surface area contributed by atoms with Crippen LogP contribution in [0.3, 0.4) is 0 Å². The number of nitrogens with one attached hydrogen (secondary N) is 1. The Morgan fingerprint density at radius 1 is 1.07 bits per heavy atom. The number of aryl methyl sites for hydroxylation is 1. The third-order valence-electron chi connectivity index (χ3n) is 8.42. The Bertz CT molecular complexity index is 2000. The minimum absolute atomic E-state index is 0.0701. The van der Waals surface area contributed by atoms with Gasteiger partial charge in [0.2, 0.25) is 0 Å². The van der Waals surface area contributed by atoms with Gasteiger partial charge in [0.05, 0.1) is 29.1 Å². The number of aromatic amines is 1. The Labute approximate surface area is 232 Å². The zero-order valence-corrected chi connectivity index (χ0v) is 22.1. The molecule has 40 heavy (non-hydrogen) atoms. The van der Waals surface area contributed by atoms with E-state index in [1.165, 1.54) is 6.33 Å². The standard InChI is InChI=1S/C28H23ClN10O/c1-37-23-8-14(2-4-19(23)27(30)34-37)21-12-31-28(33-21)26-18-6-5-17(18)24-9-15(10-25(40)39(24)26)20-11-16(29)3-7-22(20)38-13-32-35-36-38/h2-4,7-13,17-18,26H,5-6H2,1H3,(H2,30,34)(H,31,33)/t17-,18+,26+/m1/s1. The molecule has 0 spiro atoms. The van der Waals surface area contributed by atoms with Crippen LogP contribution in [0.25, 0.3) is 39.0 Å². The zero-order chi connectivity index (χ0) is 27.1. The number of imidazole rings is 1. The van der Waals surface area contributed by atoms with Crippen LogP contribution in [-0.2, 0) is 7.05 Å². The first-order valence-corrected chi connectivity index (χ1v) is 13.4. The number of fused-ring (bicyclic) bond motifs is 4. The number of anilines is 1. The fourth-order valence-electron chi connectivity index (χ4n) is 6.42. The summed E-state index contributed by atoms with van der Waals surface area (Å²) in [6, 6.07) is 15.2. The van der Waals surface area contributed by atoms with Crippen molar-refractivity contribution in [2.24, 2.45) is 13.0 Å². The number of aromatic nitrogens is 9.